The monoisotopic (exact) mass is 367 g/mol. The van der Waals surface area contributed by atoms with E-state index in [0.29, 0.717) is 10.8 Å². The number of piperidine rings is 1. The van der Waals surface area contributed by atoms with Crippen LogP contribution in [0.4, 0.5) is 0 Å². The van der Waals surface area contributed by atoms with Gasteiger partial charge in [0, 0.05) is 31.1 Å². The second-order valence-electron chi connectivity index (χ2n) is 6.73. The van der Waals surface area contributed by atoms with Crippen LogP contribution in [0.2, 0.25) is 0 Å². The second kappa shape index (κ2) is 7.37. The fourth-order valence-electron chi connectivity index (χ4n) is 3.44. The molecule has 6 nitrogen and oxygen atoms in total. The first kappa shape index (κ1) is 16.9. The highest BCUT2D eigenvalue weighted by molar-refractivity contribution is 7.07. The Morgan fingerprint density at radius 1 is 1.27 bits per heavy atom. The quantitative estimate of drug-likeness (QED) is 0.768. The maximum absolute atomic E-state index is 12.6. The molecule has 26 heavy (non-hydrogen) atoms. The van der Waals surface area contributed by atoms with E-state index in [0.717, 1.165) is 49.4 Å². The number of likely N-dealkylation sites (tertiary alicyclic amines) is 1. The molecule has 7 heteroatoms. The minimum absolute atomic E-state index is 0.0581. The summed E-state index contributed by atoms with van der Waals surface area (Å²) in [6.07, 6.45) is 2.74. The lowest BCUT2D eigenvalue weighted by Gasteiger charge is -2.30. The van der Waals surface area contributed by atoms with Crippen molar-refractivity contribution in [1.29, 1.82) is 0 Å². The maximum atomic E-state index is 12.6. The fourth-order valence-corrected chi connectivity index (χ4v) is 4.07. The number of hydrogen-bond acceptors (Lipinski definition) is 5. The van der Waals surface area contributed by atoms with Crippen LogP contribution in [0, 0.1) is 6.92 Å². The van der Waals surface area contributed by atoms with Gasteiger partial charge in [0.1, 0.15) is 4.88 Å². The first-order chi connectivity index (χ1) is 12.7. The average Bonchev–Trinajstić information content (AvgIpc) is 3.31. The minimum Gasteiger partial charge on any atom is -0.338 e. The van der Waals surface area contributed by atoms with Crippen LogP contribution in [-0.2, 0) is 6.42 Å². The van der Waals surface area contributed by atoms with Crippen LogP contribution in [0.3, 0.4) is 0 Å². The van der Waals surface area contributed by atoms with Crippen molar-refractivity contribution in [1.82, 2.24) is 24.7 Å². The standard InChI is InChI=1S/C19H21N5OS/c1-13-18(26-23-20-13)19(25)24-9-7-15(8-10-24)17-12-16(21-22-17)11-14-5-3-2-4-6-14/h2-6,12,15H,7-11H2,1H3,(H,21,22). The normalized spacial score (nSPS) is 15.3. The number of carbonyl (C=O) groups excluding carboxylic acids is 1. The average molecular weight is 367 g/mol. The van der Waals surface area contributed by atoms with Gasteiger partial charge in [-0.05, 0) is 42.9 Å². The van der Waals surface area contributed by atoms with Gasteiger partial charge in [0.05, 0.1) is 11.4 Å². The predicted molar refractivity (Wildman–Crippen MR) is 100 cm³/mol. The fraction of sp³-hybridized carbons (Fsp3) is 0.368. The lowest BCUT2D eigenvalue weighted by molar-refractivity contribution is 0.0716. The Morgan fingerprint density at radius 2 is 2.04 bits per heavy atom. The lowest BCUT2D eigenvalue weighted by Crippen LogP contribution is -2.37. The summed E-state index contributed by atoms with van der Waals surface area (Å²) in [6, 6.07) is 12.6. The van der Waals surface area contributed by atoms with Crippen molar-refractivity contribution in [2.75, 3.05) is 13.1 Å². The Bertz CT molecular complexity index is 880. The number of aryl methyl sites for hydroxylation is 1. The van der Waals surface area contributed by atoms with Crippen LogP contribution in [0.25, 0.3) is 0 Å². The molecule has 4 rings (SSSR count). The van der Waals surface area contributed by atoms with Gasteiger partial charge in [-0.25, -0.2) is 0 Å². The molecule has 134 valence electrons. The Labute approximate surface area is 156 Å². The van der Waals surface area contributed by atoms with Gasteiger partial charge < -0.3 is 4.90 Å². The number of nitrogens with one attached hydrogen (secondary N) is 1. The summed E-state index contributed by atoms with van der Waals surface area (Å²) in [6.45, 7) is 3.34. The number of hydrogen-bond donors (Lipinski definition) is 1. The molecule has 0 atom stereocenters. The Kier molecular flexibility index (Phi) is 4.79. The molecule has 0 spiro atoms. The molecule has 0 aliphatic carbocycles. The van der Waals surface area contributed by atoms with E-state index in [4.69, 9.17) is 0 Å². The first-order valence-electron chi connectivity index (χ1n) is 8.87. The van der Waals surface area contributed by atoms with E-state index < -0.39 is 0 Å². The number of aromatic amines is 1. The Morgan fingerprint density at radius 3 is 2.73 bits per heavy atom. The Hall–Kier alpha value is -2.54. The van der Waals surface area contributed by atoms with Gasteiger partial charge in [-0.3, -0.25) is 9.89 Å². The molecule has 1 aliphatic heterocycles. The molecule has 0 saturated carbocycles. The smallest absolute Gasteiger partial charge is 0.267 e. The van der Waals surface area contributed by atoms with E-state index >= 15 is 0 Å². The number of nitrogens with zero attached hydrogens (tertiary/aromatic N) is 4. The third kappa shape index (κ3) is 3.53. The van der Waals surface area contributed by atoms with E-state index in [9.17, 15) is 4.79 Å². The number of H-pyrrole nitrogens is 1. The summed E-state index contributed by atoms with van der Waals surface area (Å²) >= 11 is 1.18. The maximum Gasteiger partial charge on any atom is 0.267 e. The molecule has 3 heterocycles. The highest BCUT2D eigenvalue weighted by Gasteiger charge is 2.27. The van der Waals surface area contributed by atoms with E-state index in [1.54, 1.807) is 0 Å². The van der Waals surface area contributed by atoms with Gasteiger partial charge in [0.15, 0.2) is 0 Å². The van der Waals surface area contributed by atoms with Crippen LogP contribution < -0.4 is 0 Å². The molecule has 1 saturated heterocycles. The molecular formula is C19H21N5OS. The van der Waals surface area contributed by atoms with Gasteiger partial charge in [-0.1, -0.05) is 34.8 Å². The van der Waals surface area contributed by atoms with Crippen molar-refractivity contribution in [3.63, 3.8) is 0 Å². The van der Waals surface area contributed by atoms with Crippen molar-refractivity contribution in [2.24, 2.45) is 0 Å². The molecule has 1 aliphatic rings. The molecule has 0 radical (unpaired) electrons. The van der Waals surface area contributed by atoms with Crippen LogP contribution in [0.5, 0.6) is 0 Å². The first-order valence-corrected chi connectivity index (χ1v) is 9.64. The van der Waals surface area contributed by atoms with Gasteiger partial charge in [0.2, 0.25) is 0 Å². The summed E-state index contributed by atoms with van der Waals surface area (Å²) in [5.74, 6) is 0.461. The molecule has 0 unspecified atom stereocenters. The number of rotatable bonds is 4. The second-order valence-corrected chi connectivity index (χ2v) is 7.49. The molecule has 0 bridgehead atoms. The van der Waals surface area contributed by atoms with Gasteiger partial charge in [-0.2, -0.15) is 5.10 Å². The summed E-state index contributed by atoms with van der Waals surface area (Å²) in [5.41, 5.74) is 4.24. The summed E-state index contributed by atoms with van der Waals surface area (Å²) < 4.78 is 3.87. The van der Waals surface area contributed by atoms with E-state index in [2.05, 4.69) is 50.1 Å². The zero-order valence-electron chi connectivity index (χ0n) is 14.7. The van der Waals surface area contributed by atoms with Crippen molar-refractivity contribution in [3.05, 3.63) is 63.9 Å². The third-order valence-electron chi connectivity index (χ3n) is 4.93. The van der Waals surface area contributed by atoms with Crippen LogP contribution in [-0.4, -0.2) is 43.7 Å². The topological polar surface area (TPSA) is 74.8 Å². The number of aromatic nitrogens is 4. The van der Waals surface area contributed by atoms with Crippen LogP contribution in [0.1, 0.15) is 51.1 Å². The van der Waals surface area contributed by atoms with E-state index in [1.807, 2.05) is 17.9 Å². The SMILES string of the molecule is Cc1nnsc1C(=O)N1CCC(c2cc(Cc3ccccc3)[nH]n2)CC1. The summed E-state index contributed by atoms with van der Waals surface area (Å²) in [4.78, 5) is 15.1. The Balaban J connectivity index is 1.36. The molecule has 3 aromatic rings. The highest BCUT2D eigenvalue weighted by Crippen LogP contribution is 2.28. The van der Waals surface area contributed by atoms with Crippen molar-refractivity contribution < 1.29 is 4.79 Å². The molecule has 1 fully saturated rings. The summed E-state index contributed by atoms with van der Waals surface area (Å²) in [5, 5.41) is 11.6. The zero-order chi connectivity index (χ0) is 17.9. The van der Waals surface area contributed by atoms with Gasteiger partial charge in [0.25, 0.3) is 5.91 Å². The third-order valence-corrected chi connectivity index (χ3v) is 5.75. The van der Waals surface area contributed by atoms with E-state index in [1.165, 1.54) is 17.1 Å². The largest absolute Gasteiger partial charge is 0.338 e. The van der Waals surface area contributed by atoms with Crippen molar-refractivity contribution in [3.8, 4) is 0 Å². The lowest BCUT2D eigenvalue weighted by atomic mass is 9.93. The number of benzene rings is 1. The number of carbonyl (C=O) groups is 1. The van der Waals surface area contributed by atoms with Crippen molar-refractivity contribution >= 4 is 17.4 Å². The summed E-state index contributed by atoms with van der Waals surface area (Å²) in [7, 11) is 0. The molecule has 2 aromatic heterocycles. The predicted octanol–water partition coefficient (Wildman–Crippen LogP) is 3.18. The van der Waals surface area contributed by atoms with Gasteiger partial charge in [-0.15, -0.1) is 5.10 Å². The highest BCUT2D eigenvalue weighted by atomic mass is 32.1. The van der Waals surface area contributed by atoms with Crippen LogP contribution in [0.15, 0.2) is 36.4 Å². The van der Waals surface area contributed by atoms with Crippen LogP contribution >= 0.6 is 11.5 Å². The zero-order valence-corrected chi connectivity index (χ0v) is 15.5. The van der Waals surface area contributed by atoms with Crippen molar-refractivity contribution in [2.45, 2.75) is 32.1 Å². The molecule has 1 aromatic carbocycles. The minimum atomic E-state index is 0.0581. The molecular weight excluding hydrogens is 346 g/mol. The molecule has 1 amide bonds. The number of amides is 1. The molecule has 1 N–H and O–H groups in total. The van der Waals surface area contributed by atoms with Gasteiger partial charge >= 0.3 is 0 Å². The van der Waals surface area contributed by atoms with E-state index in [-0.39, 0.29) is 5.91 Å².